The van der Waals surface area contributed by atoms with E-state index < -0.39 is 6.23 Å². The number of nitriles is 1. The molecule has 1 saturated heterocycles. The summed E-state index contributed by atoms with van der Waals surface area (Å²) >= 11 is 6.28. The minimum Gasteiger partial charge on any atom is -0.495 e. The fraction of sp³-hybridized carbons (Fsp3) is 0.438. The lowest BCUT2D eigenvalue weighted by atomic mass is 10.0. The van der Waals surface area contributed by atoms with Crippen molar-refractivity contribution in [1.82, 2.24) is 4.90 Å². The van der Waals surface area contributed by atoms with E-state index >= 15 is 0 Å². The summed E-state index contributed by atoms with van der Waals surface area (Å²) in [6.07, 6.45) is 1.33. The Balaban J connectivity index is 2.05. The number of benzene rings is 1. The summed E-state index contributed by atoms with van der Waals surface area (Å²) in [5.74, 6) is 1.49. The fourth-order valence-electron chi connectivity index (χ4n) is 2.77. The molecule has 0 saturated carbocycles. The lowest BCUT2D eigenvalue weighted by molar-refractivity contribution is -0.0291. The van der Waals surface area contributed by atoms with Crippen LogP contribution in [0.1, 0.15) is 5.56 Å². The standard InChI is InChI=1S/C16H17ClN2O4/c1-20-13-8-12-11(15(21-2)14(13)17)7-10(9-18)16(23-12)19-3-5-22-6-4-19/h7-8,16H,3-6H2,1-2H3. The van der Waals surface area contributed by atoms with Crippen LogP contribution in [0.2, 0.25) is 5.02 Å². The zero-order valence-corrected chi connectivity index (χ0v) is 13.7. The van der Waals surface area contributed by atoms with Crippen LogP contribution >= 0.6 is 11.6 Å². The Hall–Kier alpha value is -1.94. The van der Waals surface area contributed by atoms with Gasteiger partial charge >= 0.3 is 0 Å². The van der Waals surface area contributed by atoms with Crippen LogP contribution in [0.3, 0.4) is 0 Å². The predicted octanol–water partition coefficient (Wildman–Crippen LogP) is 2.31. The molecule has 122 valence electrons. The molecule has 1 aromatic carbocycles. The van der Waals surface area contributed by atoms with Crippen molar-refractivity contribution >= 4 is 17.7 Å². The largest absolute Gasteiger partial charge is 0.495 e. The van der Waals surface area contributed by atoms with E-state index in [-0.39, 0.29) is 0 Å². The van der Waals surface area contributed by atoms with Gasteiger partial charge in [0.2, 0.25) is 0 Å². The van der Waals surface area contributed by atoms with Crippen molar-refractivity contribution in [3.63, 3.8) is 0 Å². The first-order valence-electron chi connectivity index (χ1n) is 7.24. The van der Waals surface area contributed by atoms with Gasteiger partial charge in [0.25, 0.3) is 0 Å². The van der Waals surface area contributed by atoms with E-state index in [1.54, 1.807) is 12.1 Å². The Morgan fingerprint density at radius 2 is 2.04 bits per heavy atom. The summed E-state index contributed by atoms with van der Waals surface area (Å²) in [7, 11) is 3.06. The monoisotopic (exact) mass is 336 g/mol. The van der Waals surface area contributed by atoms with Gasteiger partial charge in [-0.05, 0) is 6.08 Å². The molecule has 1 aromatic rings. The number of fused-ring (bicyclic) bond motifs is 1. The zero-order chi connectivity index (χ0) is 16.4. The lowest BCUT2D eigenvalue weighted by Crippen LogP contribution is -2.47. The van der Waals surface area contributed by atoms with Gasteiger partial charge in [-0.15, -0.1) is 0 Å². The Morgan fingerprint density at radius 1 is 1.30 bits per heavy atom. The number of ether oxygens (including phenoxy) is 4. The van der Waals surface area contributed by atoms with Crippen LogP contribution in [-0.2, 0) is 4.74 Å². The van der Waals surface area contributed by atoms with Crippen LogP contribution in [0, 0.1) is 11.3 Å². The van der Waals surface area contributed by atoms with Crippen molar-refractivity contribution in [2.45, 2.75) is 6.23 Å². The van der Waals surface area contributed by atoms with E-state index in [1.807, 2.05) is 0 Å². The number of rotatable bonds is 3. The summed E-state index contributed by atoms with van der Waals surface area (Å²) < 4.78 is 22.1. The molecule has 0 bridgehead atoms. The molecule has 2 aliphatic heterocycles. The molecule has 6 nitrogen and oxygen atoms in total. The van der Waals surface area contributed by atoms with Crippen LogP contribution in [0.25, 0.3) is 6.08 Å². The van der Waals surface area contributed by atoms with Crippen molar-refractivity contribution in [3.05, 3.63) is 22.2 Å². The zero-order valence-electron chi connectivity index (χ0n) is 13.0. The molecule has 0 N–H and O–H groups in total. The van der Waals surface area contributed by atoms with Crippen molar-refractivity contribution < 1.29 is 18.9 Å². The number of nitrogens with zero attached hydrogens (tertiary/aromatic N) is 2. The fourth-order valence-corrected chi connectivity index (χ4v) is 3.08. The van der Waals surface area contributed by atoms with Gasteiger partial charge in [0, 0.05) is 19.2 Å². The molecular formula is C16H17ClN2O4. The minimum atomic E-state index is -0.438. The average molecular weight is 337 g/mol. The molecule has 1 atom stereocenters. The highest BCUT2D eigenvalue weighted by Crippen LogP contribution is 2.46. The van der Waals surface area contributed by atoms with Gasteiger partial charge in [-0.1, -0.05) is 11.6 Å². The summed E-state index contributed by atoms with van der Waals surface area (Å²) in [6, 6.07) is 3.94. The Labute approximate surface area is 139 Å². The third kappa shape index (κ3) is 2.83. The molecule has 0 spiro atoms. The highest BCUT2D eigenvalue weighted by Gasteiger charge is 2.32. The van der Waals surface area contributed by atoms with Crippen molar-refractivity contribution in [2.24, 2.45) is 0 Å². The lowest BCUT2D eigenvalue weighted by Gasteiger charge is -2.36. The first-order chi connectivity index (χ1) is 11.2. The highest BCUT2D eigenvalue weighted by atomic mass is 35.5. The van der Waals surface area contributed by atoms with E-state index in [0.29, 0.717) is 59.7 Å². The van der Waals surface area contributed by atoms with Crippen molar-refractivity contribution in [3.8, 4) is 23.3 Å². The van der Waals surface area contributed by atoms with Gasteiger partial charge in [0.1, 0.15) is 22.6 Å². The number of halogens is 1. The maximum Gasteiger partial charge on any atom is 0.189 e. The van der Waals surface area contributed by atoms with Gasteiger partial charge in [-0.3, -0.25) is 4.90 Å². The smallest absolute Gasteiger partial charge is 0.189 e. The van der Waals surface area contributed by atoms with Crippen molar-refractivity contribution in [1.29, 1.82) is 5.26 Å². The van der Waals surface area contributed by atoms with Gasteiger partial charge < -0.3 is 18.9 Å². The van der Waals surface area contributed by atoms with Gasteiger partial charge in [0.15, 0.2) is 12.0 Å². The van der Waals surface area contributed by atoms with E-state index in [9.17, 15) is 5.26 Å². The SMILES string of the molecule is COc1cc2c(c(OC)c1Cl)C=C(C#N)C(N1CCOCC1)O2. The molecule has 0 radical (unpaired) electrons. The maximum atomic E-state index is 9.50. The van der Waals surface area contributed by atoms with E-state index in [2.05, 4.69) is 11.0 Å². The molecule has 0 aliphatic carbocycles. The predicted molar refractivity (Wildman–Crippen MR) is 85.0 cm³/mol. The first kappa shape index (κ1) is 15.9. The number of morpholine rings is 1. The van der Waals surface area contributed by atoms with Crippen LogP contribution in [0.15, 0.2) is 11.6 Å². The molecule has 7 heteroatoms. The second kappa shape index (κ2) is 6.67. The first-order valence-corrected chi connectivity index (χ1v) is 7.62. The molecule has 2 heterocycles. The molecular weight excluding hydrogens is 320 g/mol. The molecule has 1 fully saturated rings. The third-order valence-electron chi connectivity index (χ3n) is 3.92. The van der Waals surface area contributed by atoms with E-state index in [1.165, 1.54) is 14.2 Å². The van der Waals surface area contributed by atoms with Crippen LogP contribution in [0.4, 0.5) is 0 Å². The molecule has 1 unspecified atom stereocenters. The molecule has 2 aliphatic rings. The van der Waals surface area contributed by atoms with Crippen LogP contribution < -0.4 is 14.2 Å². The number of hydrogen-bond donors (Lipinski definition) is 0. The summed E-state index contributed by atoms with van der Waals surface area (Å²) in [6.45, 7) is 2.67. The summed E-state index contributed by atoms with van der Waals surface area (Å²) in [4.78, 5) is 2.08. The highest BCUT2D eigenvalue weighted by molar-refractivity contribution is 6.34. The summed E-state index contributed by atoms with van der Waals surface area (Å²) in [5, 5.41) is 9.85. The van der Waals surface area contributed by atoms with Gasteiger partial charge in [-0.25, -0.2) is 0 Å². The second-order valence-electron chi connectivity index (χ2n) is 5.17. The topological polar surface area (TPSA) is 64.0 Å². The quantitative estimate of drug-likeness (QED) is 0.844. The van der Waals surface area contributed by atoms with Crippen molar-refractivity contribution in [2.75, 3.05) is 40.5 Å². The molecule has 3 rings (SSSR count). The number of methoxy groups -OCH3 is 2. The normalized spacial score (nSPS) is 20.8. The van der Waals surface area contributed by atoms with Gasteiger partial charge in [-0.2, -0.15) is 5.26 Å². The van der Waals surface area contributed by atoms with Crippen LogP contribution in [-0.4, -0.2) is 51.7 Å². The second-order valence-corrected chi connectivity index (χ2v) is 5.55. The van der Waals surface area contributed by atoms with Gasteiger partial charge in [0.05, 0.1) is 38.6 Å². The maximum absolute atomic E-state index is 9.50. The Morgan fingerprint density at radius 3 is 2.65 bits per heavy atom. The average Bonchev–Trinajstić information content (AvgIpc) is 2.61. The van der Waals surface area contributed by atoms with Crippen LogP contribution in [0.5, 0.6) is 17.2 Å². The number of hydrogen-bond acceptors (Lipinski definition) is 6. The minimum absolute atomic E-state index is 0.357. The Bertz CT molecular complexity index is 678. The van der Waals surface area contributed by atoms with E-state index in [0.717, 1.165) is 0 Å². The van der Waals surface area contributed by atoms with E-state index in [4.69, 9.17) is 30.5 Å². The molecule has 0 amide bonds. The molecule has 0 aromatic heterocycles. The molecule has 23 heavy (non-hydrogen) atoms. The third-order valence-corrected chi connectivity index (χ3v) is 4.28. The summed E-state index contributed by atoms with van der Waals surface area (Å²) in [5.41, 5.74) is 1.17. The Kier molecular flexibility index (Phi) is 4.62.